The van der Waals surface area contributed by atoms with Gasteiger partial charge in [-0.1, -0.05) is 41.9 Å². The molecule has 0 aliphatic heterocycles. The molecule has 0 aliphatic carbocycles. The first-order valence-corrected chi connectivity index (χ1v) is 7.76. The SMILES string of the molecule is O=C(Oc1ccc(C=Nc2ccccc2Cl)cc1)c1ccccc1. The van der Waals surface area contributed by atoms with E-state index >= 15 is 0 Å². The van der Waals surface area contributed by atoms with Crippen LogP contribution in [-0.2, 0) is 0 Å². The molecule has 3 rings (SSSR count). The van der Waals surface area contributed by atoms with Gasteiger partial charge in [0, 0.05) is 6.21 Å². The van der Waals surface area contributed by atoms with Crippen molar-refractivity contribution in [2.24, 2.45) is 4.99 Å². The summed E-state index contributed by atoms with van der Waals surface area (Å²) >= 11 is 6.06. The molecule has 0 amide bonds. The maximum atomic E-state index is 12.0. The van der Waals surface area contributed by atoms with E-state index in [1.807, 2.05) is 36.4 Å². The van der Waals surface area contributed by atoms with Crippen LogP contribution in [0.2, 0.25) is 5.02 Å². The van der Waals surface area contributed by atoms with Crippen molar-refractivity contribution in [3.63, 3.8) is 0 Å². The van der Waals surface area contributed by atoms with Gasteiger partial charge in [-0.2, -0.15) is 0 Å². The molecule has 0 aliphatic rings. The summed E-state index contributed by atoms with van der Waals surface area (Å²) in [6.45, 7) is 0. The number of nitrogens with zero attached hydrogens (tertiary/aromatic N) is 1. The second kappa shape index (κ2) is 7.57. The Kier molecular flexibility index (Phi) is 5.04. The van der Waals surface area contributed by atoms with E-state index in [2.05, 4.69) is 4.99 Å². The van der Waals surface area contributed by atoms with Crippen molar-refractivity contribution in [3.8, 4) is 5.75 Å². The number of benzene rings is 3. The highest BCUT2D eigenvalue weighted by molar-refractivity contribution is 6.33. The van der Waals surface area contributed by atoms with Crippen LogP contribution < -0.4 is 4.74 Å². The van der Waals surface area contributed by atoms with Crippen molar-refractivity contribution < 1.29 is 9.53 Å². The minimum Gasteiger partial charge on any atom is -0.423 e. The highest BCUT2D eigenvalue weighted by Gasteiger charge is 2.07. The third-order valence-corrected chi connectivity index (χ3v) is 3.62. The summed E-state index contributed by atoms with van der Waals surface area (Å²) in [5.41, 5.74) is 2.11. The molecular weight excluding hydrogens is 322 g/mol. The second-order valence-corrected chi connectivity index (χ2v) is 5.44. The van der Waals surface area contributed by atoms with Gasteiger partial charge in [0.25, 0.3) is 0 Å². The second-order valence-electron chi connectivity index (χ2n) is 5.03. The van der Waals surface area contributed by atoms with Crippen molar-refractivity contribution >= 4 is 29.5 Å². The first-order chi connectivity index (χ1) is 11.7. The van der Waals surface area contributed by atoms with Crippen LogP contribution in [0.3, 0.4) is 0 Å². The van der Waals surface area contributed by atoms with E-state index in [1.54, 1.807) is 48.7 Å². The summed E-state index contributed by atoms with van der Waals surface area (Å²) in [4.78, 5) is 16.3. The summed E-state index contributed by atoms with van der Waals surface area (Å²) in [5.74, 6) is 0.104. The molecule has 0 bridgehead atoms. The highest BCUT2D eigenvalue weighted by Crippen LogP contribution is 2.23. The molecule has 3 nitrogen and oxygen atoms in total. The maximum Gasteiger partial charge on any atom is 0.343 e. The lowest BCUT2D eigenvalue weighted by atomic mass is 10.2. The Morgan fingerprint density at radius 1 is 0.875 bits per heavy atom. The third-order valence-electron chi connectivity index (χ3n) is 3.31. The first-order valence-electron chi connectivity index (χ1n) is 7.38. The Hall–Kier alpha value is -2.91. The van der Waals surface area contributed by atoms with Crippen molar-refractivity contribution in [1.29, 1.82) is 0 Å². The molecule has 0 aromatic heterocycles. The van der Waals surface area contributed by atoms with E-state index in [0.29, 0.717) is 22.0 Å². The number of rotatable bonds is 4. The smallest absolute Gasteiger partial charge is 0.343 e. The van der Waals surface area contributed by atoms with E-state index in [0.717, 1.165) is 5.56 Å². The third kappa shape index (κ3) is 4.09. The zero-order valence-electron chi connectivity index (χ0n) is 12.7. The Morgan fingerprint density at radius 2 is 1.54 bits per heavy atom. The normalized spacial score (nSPS) is 10.7. The summed E-state index contributed by atoms with van der Waals surface area (Å²) in [5, 5.41) is 0.599. The molecule has 0 atom stereocenters. The van der Waals surface area contributed by atoms with E-state index in [9.17, 15) is 4.79 Å². The van der Waals surface area contributed by atoms with Crippen LogP contribution in [0.15, 0.2) is 83.9 Å². The van der Waals surface area contributed by atoms with Crippen LogP contribution in [0, 0.1) is 0 Å². The number of para-hydroxylation sites is 1. The van der Waals surface area contributed by atoms with E-state index in [4.69, 9.17) is 16.3 Å². The Labute approximate surface area is 145 Å². The van der Waals surface area contributed by atoms with Gasteiger partial charge in [-0.05, 0) is 54.1 Å². The topological polar surface area (TPSA) is 38.7 Å². The highest BCUT2D eigenvalue weighted by atomic mass is 35.5. The lowest BCUT2D eigenvalue weighted by molar-refractivity contribution is 0.0735. The molecular formula is C20H14ClNO2. The Morgan fingerprint density at radius 3 is 2.25 bits per heavy atom. The first kappa shape index (κ1) is 16.0. The molecule has 3 aromatic carbocycles. The molecule has 24 heavy (non-hydrogen) atoms. The summed E-state index contributed by atoms with van der Waals surface area (Å²) in [6.07, 6.45) is 1.71. The van der Waals surface area contributed by atoms with Crippen molar-refractivity contribution in [3.05, 3.63) is 95.0 Å². The van der Waals surface area contributed by atoms with Crippen LogP contribution in [-0.4, -0.2) is 12.2 Å². The van der Waals surface area contributed by atoms with Crippen molar-refractivity contribution in [2.45, 2.75) is 0 Å². The van der Waals surface area contributed by atoms with Gasteiger partial charge in [-0.15, -0.1) is 0 Å². The number of halogens is 1. The molecule has 0 saturated heterocycles. The quantitative estimate of drug-likeness (QED) is 0.368. The van der Waals surface area contributed by atoms with Gasteiger partial charge >= 0.3 is 5.97 Å². The standard InChI is InChI=1S/C20H14ClNO2/c21-18-8-4-5-9-19(18)22-14-15-10-12-17(13-11-15)24-20(23)16-6-2-1-3-7-16/h1-14H. The molecule has 0 saturated carbocycles. The zero-order valence-corrected chi connectivity index (χ0v) is 13.5. The van der Waals surface area contributed by atoms with Crippen LogP contribution in [0.1, 0.15) is 15.9 Å². The summed E-state index contributed by atoms with van der Waals surface area (Å²) < 4.78 is 5.33. The fourth-order valence-corrected chi connectivity index (χ4v) is 2.25. The zero-order chi connectivity index (χ0) is 16.8. The number of esters is 1. The molecule has 0 unspecified atom stereocenters. The van der Waals surface area contributed by atoms with Gasteiger partial charge < -0.3 is 4.74 Å². The molecule has 0 radical (unpaired) electrons. The van der Waals surface area contributed by atoms with Gasteiger partial charge in [-0.3, -0.25) is 4.99 Å². The predicted molar refractivity (Wildman–Crippen MR) is 96.5 cm³/mol. The van der Waals surface area contributed by atoms with E-state index in [-0.39, 0.29) is 5.97 Å². The lowest BCUT2D eigenvalue weighted by Gasteiger charge is -2.04. The monoisotopic (exact) mass is 335 g/mol. The fourth-order valence-electron chi connectivity index (χ4n) is 2.06. The number of hydrogen-bond donors (Lipinski definition) is 0. The fraction of sp³-hybridized carbons (Fsp3) is 0. The lowest BCUT2D eigenvalue weighted by Crippen LogP contribution is -2.07. The number of hydrogen-bond acceptors (Lipinski definition) is 3. The molecule has 0 heterocycles. The number of aliphatic imine (C=N–C) groups is 1. The number of carbonyl (C=O) groups is 1. The Balaban J connectivity index is 1.67. The predicted octanol–water partition coefficient (Wildman–Crippen LogP) is 5.31. The minimum atomic E-state index is -0.381. The number of ether oxygens (including phenoxy) is 1. The largest absolute Gasteiger partial charge is 0.423 e. The van der Waals surface area contributed by atoms with Gasteiger partial charge in [0.2, 0.25) is 0 Å². The van der Waals surface area contributed by atoms with Gasteiger partial charge in [0.05, 0.1) is 16.3 Å². The molecule has 0 spiro atoms. The van der Waals surface area contributed by atoms with Crippen LogP contribution >= 0.6 is 11.6 Å². The average molecular weight is 336 g/mol. The van der Waals surface area contributed by atoms with E-state index in [1.165, 1.54) is 0 Å². The van der Waals surface area contributed by atoms with Crippen LogP contribution in [0.5, 0.6) is 5.75 Å². The van der Waals surface area contributed by atoms with E-state index < -0.39 is 0 Å². The molecule has 4 heteroatoms. The van der Waals surface area contributed by atoms with Crippen LogP contribution in [0.4, 0.5) is 5.69 Å². The van der Waals surface area contributed by atoms with Crippen LogP contribution in [0.25, 0.3) is 0 Å². The summed E-state index contributed by atoms with van der Waals surface area (Å²) in [6, 6.07) is 23.4. The minimum absolute atomic E-state index is 0.381. The number of carbonyl (C=O) groups excluding carboxylic acids is 1. The molecule has 0 fully saturated rings. The van der Waals surface area contributed by atoms with Crippen molar-refractivity contribution in [1.82, 2.24) is 0 Å². The maximum absolute atomic E-state index is 12.0. The van der Waals surface area contributed by atoms with Gasteiger partial charge in [-0.25, -0.2) is 4.79 Å². The Bertz CT molecular complexity index is 858. The van der Waals surface area contributed by atoms with Gasteiger partial charge in [0.15, 0.2) is 0 Å². The average Bonchev–Trinajstić information content (AvgIpc) is 2.63. The molecule has 0 N–H and O–H groups in total. The molecule has 3 aromatic rings. The summed E-state index contributed by atoms with van der Waals surface area (Å²) in [7, 11) is 0. The van der Waals surface area contributed by atoms with Gasteiger partial charge in [0.1, 0.15) is 5.75 Å². The molecule has 118 valence electrons. The van der Waals surface area contributed by atoms with Crippen molar-refractivity contribution in [2.75, 3.05) is 0 Å².